The zero-order chi connectivity index (χ0) is 19.7. The molecule has 1 aromatic rings. The monoisotopic (exact) mass is 398 g/mol. The first-order valence-electron chi connectivity index (χ1n) is 11.6. The summed E-state index contributed by atoms with van der Waals surface area (Å²) in [5.74, 6) is 1.82. The molecule has 5 rings (SSSR count). The van der Waals surface area contributed by atoms with Crippen LogP contribution in [0.25, 0.3) is 0 Å². The fourth-order valence-corrected chi connectivity index (χ4v) is 5.57. The molecule has 3 saturated heterocycles. The van der Waals surface area contributed by atoms with Crippen LogP contribution in [0.3, 0.4) is 0 Å². The third kappa shape index (κ3) is 4.02. The van der Waals surface area contributed by atoms with Crippen LogP contribution < -0.4 is 4.90 Å². The van der Waals surface area contributed by atoms with Crippen molar-refractivity contribution in [1.29, 1.82) is 0 Å². The fraction of sp³-hybridized carbons (Fsp3) is 0.739. The van der Waals surface area contributed by atoms with Crippen LogP contribution in [0.15, 0.2) is 24.4 Å². The molecule has 158 valence electrons. The van der Waals surface area contributed by atoms with Crippen molar-refractivity contribution >= 4 is 11.7 Å². The first kappa shape index (κ1) is 19.3. The Morgan fingerprint density at radius 2 is 1.83 bits per heavy atom. The van der Waals surface area contributed by atoms with Crippen molar-refractivity contribution in [3.63, 3.8) is 0 Å². The van der Waals surface area contributed by atoms with Gasteiger partial charge in [0.1, 0.15) is 5.82 Å². The van der Waals surface area contributed by atoms with Gasteiger partial charge in [0.05, 0.1) is 5.60 Å². The second kappa shape index (κ2) is 8.23. The van der Waals surface area contributed by atoms with E-state index in [2.05, 4.69) is 31.8 Å². The van der Waals surface area contributed by atoms with Crippen molar-refractivity contribution in [1.82, 2.24) is 14.8 Å². The molecule has 1 aliphatic carbocycles. The highest BCUT2D eigenvalue weighted by Crippen LogP contribution is 2.38. The van der Waals surface area contributed by atoms with Crippen molar-refractivity contribution in [2.75, 3.05) is 50.8 Å². The predicted octanol–water partition coefficient (Wildman–Crippen LogP) is 2.54. The Bertz CT molecular complexity index is 692. The van der Waals surface area contributed by atoms with E-state index >= 15 is 0 Å². The van der Waals surface area contributed by atoms with Crippen LogP contribution in [0.5, 0.6) is 0 Å². The summed E-state index contributed by atoms with van der Waals surface area (Å²) in [5, 5.41) is 0. The predicted molar refractivity (Wildman–Crippen MR) is 113 cm³/mol. The zero-order valence-electron chi connectivity index (χ0n) is 17.5. The number of pyridine rings is 1. The second-order valence-electron chi connectivity index (χ2n) is 9.34. The molecule has 1 atom stereocenters. The van der Waals surface area contributed by atoms with Gasteiger partial charge in [-0.05, 0) is 50.7 Å². The first-order valence-corrected chi connectivity index (χ1v) is 11.6. The average Bonchev–Trinajstić information content (AvgIpc) is 2.74. The molecule has 1 aromatic heterocycles. The molecule has 0 aromatic carbocycles. The third-order valence-corrected chi connectivity index (χ3v) is 7.71. The number of anilines is 1. The molecule has 3 aliphatic heterocycles. The summed E-state index contributed by atoms with van der Waals surface area (Å²) in [6.07, 6.45) is 9.59. The van der Waals surface area contributed by atoms with Gasteiger partial charge in [0, 0.05) is 64.0 Å². The zero-order valence-corrected chi connectivity index (χ0v) is 17.5. The maximum Gasteiger partial charge on any atom is 0.225 e. The minimum atomic E-state index is -0.00255. The van der Waals surface area contributed by atoms with E-state index < -0.39 is 0 Å². The van der Waals surface area contributed by atoms with E-state index in [1.807, 2.05) is 12.3 Å². The quantitative estimate of drug-likeness (QED) is 0.783. The van der Waals surface area contributed by atoms with Crippen LogP contribution in [-0.2, 0) is 9.53 Å². The minimum absolute atomic E-state index is 0.00255. The molecule has 0 N–H and O–H groups in total. The van der Waals surface area contributed by atoms with Crippen molar-refractivity contribution in [2.45, 2.75) is 56.6 Å². The van der Waals surface area contributed by atoms with Crippen molar-refractivity contribution in [2.24, 2.45) is 5.92 Å². The van der Waals surface area contributed by atoms with E-state index in [9.17, 15) is 4.79 Å². The summed E-state index contributed by atoms with van der Waals surface area (Å²) in [7, 11) is 0. The van der Waals surface area contributed by atoms with Crippen LogP contribution in [0.1, 0.15) is 44.9 Å². The molecule has 29 heavy (non-hydrogen) atoms. The lowest BCUT2D eigenvalue weighted by Crippen LogP contribution is -2.58. The van der Waals surface area contributed by atoms with Gasteiger partial charge in [0.15, 0.2) is 0 Å². The van der Waals surface area contributed by atoms with Crippen molar-refractivity contribution in [3.8, 4) is 0 Å². The SMILES string of the molecule is O=C(C1CCC1)N1CCC2(CC1)C[C@H](N1CCN(c3ccccn3)CC1)CCO2. The van der Waals surface area contributed by atoms with Gasteiger partial charge in [-0.2, -0.15) is 0 Å². The molecule has 4 heterocycles. The fourth-order valence-electron chi connectivity index (χ4n) is 5.57. The molecular formula is C23H34N4O2. The minimum Gasteiger partial charge on any atom is -0.375 e. The van der Waals surface area contributed by atoms with E-state index in [0.29, 0.717) is 17.9 Å². The van der Waals surface area contributed by atoms with E-state index in [-0.39, 0.29) is 5.60 Å². The average molecular weight is 399 g/mol. The summed E-state index contributed by atoms with van der Waals surface area (Å²) < 4.78 is 6.36. The maximum absolute atomic E-state index is 12.6. The van der Waals surface area contributed by atoms with E-state index in [0.717, 1.165) is 90.2 Å². The molecule has 0 bridgehead atoms. The number of carbonyl (C=O) groups excluding carboxylic acids is 1. The van der Waals surface area contributed by atoms with Crippen molar-refractivity contribution in [3.05, 3.63) is 24.4 Å². The molecule has 6 heteroatoms. The number of likely N-dealkylation sites (tertiary alicyclic amines) is 1. The highest BCUT2D eigenvalue weighted by atomic mass is 16.5. The highest BCUT2D eigenvalue weighted by Gasteiger charge is 2.43. The van der Waals surface area contributed by atoms with Crippen LogP contribution in [0.2, 0.25) is 0 Å². The summed E-state index contributed by atoms with van der Waals surface area (Å²) in [4.78, 5) is 24.3. The Labute approximate surface area is 174 Å². The summed E-state index contributed by atoms with van der Waals surface area (Å²) >= 11 is 0. The Morgan fingerprint density at radius 1 is 1.03 bits per heavy atom. The van der Waals surface area contributed by atoms with Gasteiger partial charge >= 0.3 is 0 Å². The van der Waals surface area contributed by atoms with Crippen LogP contribution in [0, 0.1) is 5.92 Å². The van der Waals surface area contributed by atoms with Gasteiger partial charge in [-0.25, -0.2) is 4.98 Å². The summed E-state index contributed by atoms with van der Waals surface area (Å²) in [6, 6.07) is 6.77. The molecule has 1 spiro atoms. The molecule has 4 aliphatic rings. The number of hydrogen-bond acceptors (Lipinski definition) is 5. The van der Waals surface area contributed by atoms with Gasteiger partial charge in [0.25, 0.3) is 0 Å². The lowest BCUT2D eigenvalue weighted by Gasteiger charge is -2.50. The topological polar surface area (TPSA) is 48.9 Å². The van der Waals surface area contributed by atoms with Crippen LogP contribution in [0.4, 0.5) is 5.82 Å². The van der Waals surface area contributed by atoms with Crippen LogP contribution >= 0.6 is 0 Å². The van der Waals surface area contributed by atoms with Gasteiger partial charge in [-0.3, -0.25) is 9.69 Å². The Hall–Kier alpha value is -1.66. The van der Waals surface area contributed by atoms with Gasteiger partial charge < -0.3 is 14.5 Å². The van der Waals surface area contributed by atoms with E-state index in [1.165, 1.54) is 6.42 Å². The number of piperidine rings is 1. The Kier molecular flexibility index (Phi) is 5.48. The normalized spacial score (nSPS) is 28.3. The summed E-state index contributed by atoms with van der Waals surface area (Å²) in [5.41, 5.74) is -0.00255. The molecule has 0 radical (unpaired) electrons. The van der Waals surface area contributed by atoms with Gasteiger partial charge in [-0.1, -0.05) is 12.5 Å². The van der Waals surface area contributed by atoms with Crippen molar-refractivity contribution < 1.29 is 9.53 Å². The summed E-state index contributed by atoms with van der Waals surface area (Å²) in [6.45, 7) is 6.93. The number of nitrogens with zero attached hydrogens (tertiary/aromatic N) is 4. The Morgan fingerprint density at radius 3 is 2.48 bits per heavy atom. The molecule has 4 fully saturated rings. The third-order valence-electron chi connectivity index (χ3n) is 7.71. The molecule has 1 saturated carbocycles. The number of amides is 1. The number of hydrogen-bond donors (Lipinski definition) is 0. The number of carbonyl (C=O) groups is 1. The number of piperazine rings is 1. The number of aromatic nitrogens is 1. The number of ether oxygens (including phenoxy) is 1. The number of rotatable bonds is 3. The largest absolute Gasteiger partial charge is 0.375 e. The van der Waals surface area contributed by atoms with Gasteiger partial charge in [-0.15, -0.1) is 0 Å². The Balaban J connectivity index is 1.14. The standard InChI is InChI=1S/C23H34N4O2/c28-22(19-4-3-5-19)27-11-8-23(9-12-27)18-20(7-17-29-23)25-13-15-26(16-14-25)21-6-1-2-10-24-21/h1-2,6,10,19-20H,3-5,7-9,11-18H2/t20-/m1/s1. The lowest BCUT2D eigenvalue weighted by molar-refractivity contribution is -0.154. The molecule has 6 nitrogen and oxygen atoms in total. The molecule has 0 unspecified atom stereocenters. The molecular weight excluding hydrogens is 364 g/mol. The smallest absolute Gasteiger partial charge is 0.225 e. The molecule has 1 amide bonds. The van der Waals surface area contributed by atoms with Gasteiger partial charge in [0.2, 0.25) is 5.91 Å². The van der Waals surface area contributed by atoms with E-state index in [4.69, 9.17) is 4.74 Å². The lowest BCUT2D eigenvalue weighted by atomic mass is 9.80. The maximum atomic E-state index is 12.6. The van der Waals surface area contributed by atoms with Crippen LogP contribution in [-0.4, -0.2) is 78.2 Å². The van der Waals surface area contributed by atoms with E-state index in [1.54, 1.807) is 0 Å². The second-order valence-corrected chi connectivity index (χ2v) is 9.34. The highest BCUT2D eigenvalue weighted by molar-refractivity contribution is 5.79. The first-order chi connectivity index (χ1) is 14.2.